The van der Waals surface area contributed by atoms with Crippen LogP contribution in [0.2, 0.25) is 0 Å². The van der Waals surface area contributed by atoms with E-state index < -0.39 is 11.7 Å². The Labute approximate surface area is 136 Å². The Morgan fingerprint density at radius 1 is 1.33 bits per heavy atom. The van der Waals surface area contributed by atoms with Crippen molar-refractivity contribution in [2.75, 3.05) is 18.5 Å². The van der Waals surface area contributed by atoms with Crippen LogP contribution in [0.15, 0.2) is 36.7 Å². The van der Waals surface area contributed by atoms with E-state index in [1.807, 2.05) is 0 Å². The summed E-state index contributed by atoms with van der Waals surface area (Å²) in [5, 5.41) is 6.89. The van der Waals surface area contributed by atoms with Gasteiger partial charge in [0.25, 0.3) is 0 Å². The first-order valence-corrected chi connectivity index (χ1v) is 7.50. The first kappa shape index (κ1) is 16.5. The third-order valence-electron chi connectivity index (χ3n) is 3.81. The first-order chi connectivity index (χ1) is 11.4. The number of nitrogens with zero attached hydrogens (tertiary/aromatic N) is 2. The molecule has 2 heterocycles. The molecule has 0 saturated carbocycles. The van der Waals surface area contributed by atoms with E-state index in [1.54, 1.807) is 17.1 Å². The monoisotopic (exact) mass is 339 g/mol. The maximum Gasteiger partial charge on any atom is 0.416 e. The minimum absolute atomic E-state index is 0.00411. The molecule has 0 aliphatic carbocycles. The van der Waals surface area contributed by atoms with Crippen LogP contribution in [0.3, 0.4) is 0 Å². The van der Waals surface area contributed by atoms with E-state index in [0.717, 1.165) is 18.6 Å². The number of nitrogens with one attached hydrogen (secondary N) is 1. The standard InChI is InChI=1S/C16H16F3N3O2/c17-16(18,19)12-3-1-11(2-4-12)7-15(23)21-13-8-20-22(9-13)14-5-6-24-10-14/h1-4,8-9,14H,5-7,10H2,(H,21,23)/t14-/m1/s1. The van der Waals surface area contributed by atoms with E-state index in [2.05, 4.69) is 10.4 Å². The zero-order valence-corrected chi connectivity index (χ0v) is 12.7. The number of halogens is 3. The summed E-state index contributed by atoms with van der Waals surface area (Å²) in [6.07, 6.45) is -0.233. The predicted molar refractivity (Wildman–Crippen MR) is 80.5 cm³/mol. The number of amides is 1. The number of aromatic nitrogens is 2. The van der Waals surface area contributed by atoms with Gasteiger partial charge < -0.3 is 10.1 Å². The number of carbonyl (C=O) groups is 1. The average molecular weight is 339 g/mol. The number of benzene rings is 1. The number of anilines is 1. The number of rotatable bonds is 4. The van der Waals surface area contributed by atoms with Crippen LogP contribution < -0.4 is 5.32 Å². The fraction of sp³-hybridized carbons (Fsp3) is 0.375. The largest absolute Gasteiger partial charge is 0.416 e. The Bertz CT molecular complexity index is 704. The highest BCUT2D eigenvalue weighted by molar-refractivity contribution is 5.91. The lowest BCUT2D eigenvalue weighted by atomic mass is 10.1. The third kappa shape index (κ3) is 3.94. The summed E-state index contributed by atoms with van der Waals surface area (Å²) in [5.41, 5.74) is 0.336. The van der Waals surface area contributed by atoms with E-state index in [9.17, 15) is 18.0 Å². The zero-order valence-electron chi connectivity index (χ0n) is 12.7. The van der Waals surface area contributed by atoms with E-state index in [4.69, 9.17) is 4.74 Å². The Hall–Kier alpha value is -2.35. The maximum atomic E-state index is 12.5. The lowest BCUT2D eigenvalue weighted by molar-refractivity contribution is -0.137. The molecule has 1 saturated heterocycles. The van der Waals surface area contributed by atoms with Crippen molar-refractivity contribution in [2.45, 2.75) is 25.1 Å². The van der Waals surface area contributed by atoms with E-state index in [0.29, 0.717) is 24.5 Å². The fourth-order valence-corrected chi connectivity index (χ4v) is 2.54. The summed E-state index contributed by atoms with van der Waals surface area (Å²) >= 11 is 0. The molecule has 1 aromatic carbocycles. The number of ether oxygens (including phenoxy) is 1. The van der Waals surface area contributed by atoms with Gasteiger partial charge in [-0.05, 0) is 24.1 Å². The van der Waals surface area contributed by atoms with Crippen LogP contribution in [-0.2, 0) is 22.1 Å². The van der Waals surface area contributed by atoms with Crippen LogP contribution in [0, 0.1) is 0 Å². The molecule has 0 spiro atoms. The highest BCUT2D eigenvalue weighted by Gasteiger charge is 2.30. The van der Waals surface area contributed by atoms with Gasteiger partial charge in [-0.1, -0.05) is 12.1 Å². The van der Waals surface area contributed by atoms with Gasteiger partial charge in [0, 0.05) is 12.8 Å². The molecule has 1 aromatic heterocycles. The molecule has 1 aliphatic rings. The molecule has 24 heavy (non-hydrogen) atoms. The van der Waals surface area contributed by atoms with Crippen molar-refractivity contribution in [1.82, 2.24) is 9.78 Å². The van der Waals surface area contributed by atoms with E-state index >= 15 is 0 Å². The number of alkyl halides is 3. The molecule has 0 radical (unpaired) electrons. The van der Waals surface area contributed by atoms with Crippen molar-refractivity contribution >= 4 is 11.6 Å². The third-order valence-corrected chi connectivity index (χ3v) is 3.81. The van der Waals surface area contributed by atoms with Gasteiger partial charge in [0.05, 0.1) is 36.5 Å². The Morgan fingerprint density at radius 2 is 2.08 bits per heavy atom. The number of hydrogen-bond acceptors (Lipinski definition) is 3. The Balaban J connectivity index is 1.57. The second kappa shape index (κ2) is 6.64. The minimum atomic E-state index is -4.38. The van der Waals surface area contributed by atoms with Gasteiger partial charge >= 0.3 is 6.18 Å². The van der Waals surface area contributed by atoms with Crippen molar-refractivity contribution in [3.05, 3.63) is 47.8 Å². The molecule has 1 aliphatic heterocycles. The summed E-state index contributed by atoms with van der Waals surface area (Å²) < 4.78 is 44.5. The van der Waals surface area contributed by atoms with Crippen LogP contribution >= 0.6 is 0 Å². The number of carbonyl (C=O) groups excluding carboxylic acids is 1. The van der Waals surface area contributed by atoms with Crippen LogP contribution in [0.5, 0.6) is 0 Å². The van der Waals surface area contributed by atoms with Gasteiger partial charge in [-0.25, -0.2) is 0 Å². The molecular formula is C16H16F3N3O2. The summed E-state index contributed by atoms with van der Waals surface area (Å²) in [4.78, 5) is 12.0. The van der Waals surface area contributed by atoms with Crippen LogP contribution in [0.1, 0.15) is 23.6 Å². The molecule has 1 atom stereocenters. The second-order valence-corrected chi connectivity index (χ2v) is 5.65. The molecule has 0 unspecified atom stereocenters. The summed E-state index contributed by atoms with van der Waals surface area (Å²) in [6.45, 7) is 1.29. The summed E-state index contributed by atoms with van der Waals surface area (Å²) in [6, 6.07) is 4.73. The molecular weight excluding hydrogens is 323 g/mol. The molecule has 1 N–H and O–H groups in total. The Morgan fingerprint density at radius 3 is 2.71 bits per heavy atom. The van der Waals surface area contributed by atoms with Crippen molar-refractivity contribution in [3.8, 4) is 0 Å². The topological polar surface area (TPSA) is 56.2 Å². The summed E-state index contributed by atoms with van der Waals surface area (Å²) in [7, 11) is 0. The lowest BCUT2D eigenvalue weighted by Crippen LogP contribution is -2.14. The van der Waals surface area contributed by atoms with Gasteiger partial charge in [0.2, 0.25) is 5.91 Å². The molecule has 1 amide bonds. The minimum Gasteiger partial charge on any atom is -0.379 e. The quantitative estimate of drug-likeness (QED) is 0.931. The molecule has 8 heteroatoms. The first-order valence-electron chi connectivity index (χ1n) is 7.50. The lowest BCUT2D eigenvalue weighted by Gasteiger charge is -2.08. The van der Waals surface area contributed by atoms with Crippen molar-refractivity contribution in [2.24, 2.45) is 0 Å². The molecule has 0 bridgehead atoms. The van der Waals surface area contributed by atoms with Crippen LogP contribution in [0.4, 0.5) is 18.9 Å². The molecule has 1 fully saturated rings. The van der Waals surface area contributed by atoms with Gasteiger partial charge in [-0.3, -0.25) is 9.48 Å². The van der Waals surface area contributed by atoms with E-state index in [-0.39, 0.29) is 18.4 Å². The smallest absolute Gasteiger partial charge is 0.379 e. The van der Waals surface area contributed by atoms with Gasteiger partial charge in [-0.15, -0.1) is 0 Å². The van der Waals surface area contributed by atoms with Crippen molar-refractivity contribution in [1.29, 1.82) is 0 Å². The zero-order chi connectivity index (χ0) is 17.2. The average Bonchev–Trinajstić information content (AvgIpc) is 3.17. The second-order valence-electron chi connectivity index (χ2n) is 5.65. The van der Waals surface area contributed by atoms with Gasteiger partial charge in [0.1, 0.15) is 0 Å². The predicted octanol–water partition coefficient (Wildman–Crippen LogP) is 3.04. The van der Waals surface area contributed by atoms with E-state index in [1.165, 1.54) is 12.1 Å². The molecule has 5 nitrogen and oxygen atoms in total. The molecule has 2 aromatic rings. The molecule has 3 rings (SSSR count). The normalized spacial score (nSPS) is 17.9. The molecule has 128 valence electrons. The maximum absolute atomic E-state index is 12.5. The fourth-order valence-electron chi connectivity index (χ4n) is 2.54. The Kier molecular flexibility index (Phi) is 4.57. The highest BCUT2D eigenvalue weighted by atomic mass is 19.4. The number of hydrogen-bond donors (Lipinski definition) is 1. The van der Waals surface area contributed by atoms with Gasteiger partial charge in [-0.2, -0.15) is 18.3 Å². The van der Waals surface area contributed by atoms with Crippen LogP contribution in [-0.4, -0.2) is 28.9 Å². The SMILES string of the molecule is O=C(Cc1ccc(C(F)(F)F)cc1)Nc1cnn([C@@H]2CCOC2)c1. The summed E-state index contributed by atoms with van der Waals surface area (Å²) in [5.74, 6) is -0.308. The van der Waals surface area contributed by atoms with Gasteiger partial charge in [0.15, 0.2) is 0 Å². The van der Waals surface area contributed by atoms with Crippen LogP contribution in [0.25, 0.3) is 0 Å². The van der Waals surface area contributed by atoms with Crippen molar-refractivity contribution in [3.63, 3.8) is 0 Å². The highest BCUT2D eigenvalue weighted by Crippen LogP contribution is 2.29. The van der Waals surface area contributed by atoms with Crippen molar-refractivity contribution < 1.29 is 22.7 Å².